The van der Waals surface area contributed by atoms with Crippen molar-refractivity contribution in [3.63, 3.8) is 0 Å². The molecular formula is C16H17ClFNO4S2. The number of rotatable bonds is 5. The maximum Gasteiger partial charge on any atom is 0.264 e. The fourth-order valence-corrected chi connectivity index (χ4v) is 4.39. The normalized spacial score (nSPS) is 12.4. The summed E-state index contributed by atoms with van der Waals surface area (Å²) in [6.45, 7) is 3.71. The highest BCUT2D eigenvalue weighted by atomic mass is 35.5. The van der Waals surface area contributed by atoms with Gasteiger partial charge in [0.2, 0.25) is 0 Å². The van der Waals surface area contributed by atoms with Gasteiger partial charge in [-0.15, -0.1) is 0 Å². The first kappa shape index (κ1) is 19.7. The second-order valence-corrected chi connectivity index (χ2v) is 9.93. The van der Waals surface area contributed by atoms with E-state index in [4.69, 9.17) is 11.6 Å². The molecule has 0 fully saturated rings. The molecule has 0 aliphatic heterocycles. The Morgan fingerprint density at radius 1 is 1.00 bits per heavy atom. The summed E-state index contributed by atoms with van der Waals surface area (Å²) in [7, 11) is -8.05. The Hall–Kier alpha value is -1.64. The molecule has 1 N–H and O–H groups in total. The van der Waals surface area contributed by atoms with Crippen molar-refractivity contribution < 1.29 is 21.2 Å². The van der Waals surface area contributed by atoms with Gasteiger partial charge < -0.3 is 0 Å². The Morgan fingerprint density at radius 3 is 2.12 bits per heavy atom. The van der Waals surface area contributed by atoms with Crippen LogP contribution in [0.5, 0.6) is 0 Å². The second-order valence-electron chi connectivity index (χ2n) is 5.86. The van der Waals surface area contributed by atoms with E-state index in [0.29, 0.717) is 5.56 Å². The third-order valence-corrected chi connectivity index (χ3v) is 6.29. The minimum atomic E-state index is -4.33. The van der Waals surface area contributed by atoms with Gasteiger partial charge in [0.05, 0.1) is 10.6 Å². The van der Waals surface area contributed by atoms with Crippen LogP contribution in [0.25, 0.3) is 0 Å². The lowest BCUT2D eigenvalue weighted by Crippen LogP contribution is -2.17. The number of hydrogen-bond acceptors (Lipinski definition) is 4. The Bertz CT molecular complexity index is 1020. The van der Waals surface area contributed by atoms with E-state index in [1.54, 1.807) is 0 Å². The molecule has 0 atom stereocenters. The molecule has 0 heterocycles. The molecule has 2 aromatic carbocycles. The van der Waals surface area contributed by atoms with Crippen LogP contribution in [-0.2, 0) is 19.9 Å². The van der Waals surface area contributed by atoms with Crippen LogP contribution in [0.15, 0.2) is 46.2 Å². The van der Waals surface area contributed by atoms with E-state index in [2.05, 4.69) is 4.72 Å². The monoisotopic (exact) mass is 405 g/mol. The van der Waals surface area contributed by atoms with Crippen molar-refractivity contribution in [2.75, 3.05) is 11.0 Å². The fraction of sp³-hybridized carbons (Fsp3) is 0.250. The van der Waals surface area contributed by atoms with Crippen LogP contribution >= 0.6 is 11.6 Å². The predicted octanol–water partition coefficient (Wildman–Crippen LogP) is 3.81. The molecule has 0 aromatic heterocycles. The number of benzene rings is 2. The van der Waals surface area contributed by atoms with Crippen molar-refractivity contribution in [1.82, 2.24) is 0 Å². The molecule has 2 rings (SSSR count). The zero-order valence-electron chi connectivity index (χ0n) is 13.7. The fourth-order valence-electron chi connectivity index (χ4n) is 2.20. The SMILES string of the molecule is CC(C)c1ccc(S(=O)(=O)Nc2cc(Cl)ccc2S(C)(=O)=O)c(F)c1. The number of sulfone groups is 1. The highest BCUT2D eigenvalue weighted by molar-refractivity contribution is 7.93. The highest BCUT2D eigenvalue weighted by Crippen LogP contribution is 2.29. The molecule has 0 bridgehead atoms. The Morgan fingerprint density at radius 2 is 1.60 bits per heavy atom. The van der Waals surface area contributed by atoms with Gasteiger partial charge in [-0.25, -0.2) is 21.2 Å². The smallest absolute Gasteiger partial charge is 0.264 e. The van der Waals surface area contributed by atoms with Crippen molar-refractivity contribution in [3.05, 3.63) is 52.8 Å². The van der Waals surface area contributed by atoms with E-state index in [-0.39, 0.29) is 21.5 Å². The number of halogens is 2. The first-order chi connectivity index (χ1) is 11.4. The molecule has 0 saturated heterocycles. The number of sulfonamides is 1. The van der Waals surface area contributed by atoms with Crippen molar-refractivity contribution in [2.24, 2.45) is 0 Å². The quantitative estimate of drug-likeness (QED) is 0.820. The summed E-state index contributed by atoms with van der Waals surface area (Å²) < 4.78 is 65.0. The number of hydrogen-bond donors (Lipinski definition) is 1. The van der Waals surface area contributed by atoms with E-state index in [1.165, 1.54) is 18.2 Å². The van der Waals surface area contributed by atoms with Crippen LogP contribution in [0.2, 0.25) is 5.02 Å². The molecule has 2 aromatic rings. The Kier molecular flexibility index (Phi) is 5.46. The van der Waals surface area contributed by atoms with E-state index >= 15 is 0 Å². The van der Waals surface area contributed by atoms with Crippen molar-refractivity contribution in [1.29, 1.82) is 0 Å². The summed E-state index contributed by atoms with van der Waals surface area (Å²) in [6.07, 6.45) is 0.937. The summed E-state index contributed by atoms with van der Waals surface area (Å²) in [5, 5.41) is 0.140. The maximum absolute atomic E-state index is 14.3. The molecule has 9 heteroatoms. The van der Waals surface area contributed by atoms with E-state index in [0.717, 1.165) is 24.5 Å². The Balaban J connectivity index is 2.52. The van der Waals surface area contributed by atoms with Crippen molar-refractivity contribution in [2.45, 2.75) is 29.6 Å². The van der Waals surface area contributed by atoms with E-state index in [1.807, 2.05) is 13.8 Å². The van der Waals surface area contributed by atoms with Crippen molar-refractivity contribution >= 4 is 37.1 Å². The second kappa shape index (κ2) is 6.93. The molecule has 0 aliphatic carbocycles. The van der Waals surface area contributed by atoms with Gasteiger partial charge in [0.25, 0.3) is 10.0 Å². The van der Waals surface area contributed by atoms with Gasteiger partial charge in [-0.3, -0.25) is 4.72 Å². The van der Waals surface area contributed by atoms with Crippen LogP contribution in [0.3, 0.4) is 0 Å². The summed E-state index contributed by atoms with van der Waals surface area (Å²) >= 11 is 5.82. The van der Waals surface area contributed by atoms with Gasteiger partial charge >= 0.3 is 0 Å². The minimum absolute atomic E-state index is 0.0315. The van der Waals surface area contributed by atoms with Gasteiger partial charge in [0, 0.05) is 11.3 Å². The van der Waals surface area contributed by atoms with Crippen LogP contribution < -0.4 is 4.72 Å². The molecule has 0 saturated carbocycles. The topological polar surface area (TPSA) is 80.3 Å². The molecule has 5 nitrogen and oxygen atoms in total. The Labute approximate surface area is 151 Å². The molecule has 0 radical (unpaired) electrons. The average molecular weight is 406 g/mol. The van der Waals surface area contributed by atoms with Crippen LogP contribution in [0, 0.1) is 5.82 Å². The van der Waals surface area contributed by atoms with Crippen LogP contribution in [-0.4, -0.2) is 23.1 Å². The average Bonchev–Trinajstić information content (AvgIpc) is 2.44. The molecule has 0 aliphatic rings. The van der Waals surface area contributed by atoms with E-state index in [9.17, 15) is 21.2 Å². The third kappa shape index (κ3) is 4.50. The van der Waals surface area contributed by atoms with Gasteiger partial charge in [-0.05, 0) is 41.8 Å². The third-order valence-electron chi connectivity index (χ3n) is 3.50. The largest absolute Gasteiger partial charge is 0.278 e. The predicted molar refractivity (Wildman–Crippen MR) is 95.9 cm³/mol. The minimum Gasteiger partial charge on any atom is -0.278 e. The standard InChI is InChI=1S/C16H17ClFNO4S2/c1-10(2)11-4-6-15(13(18)8-11)25(22,23)19-14-9-12(17)5-7-16(14)24(3,20)21/h4-10,19H,1-3H3. The molecule has 25 heavy (non-hydrogen) atoms. The van der Waals surface area contributed by atoms with Gasteiger partial charge in [-0.2, -0.15) is 0 Å². The summed E-state index contributed by atoms with van der Waals surface area (Å²) in [5.41, 5.74) is 0.415. The number of nitrogens with one attached hydrogen (secondary N) is 1. The van der Waals surface area contributed by atoms with Crippen LogP contribution in [0.4, 0.5) is 10.1 Å². The van der Waals surface area contributed by atoms with Crippen LogP contribution in [0.1, 0.15) is 25.3 Å². The maximum atomic E-state index is 14.3. The van der Waals surface area contributed by atoms with Gasteiger partial charge in [0.1, 0.15) is 10.7 Å². The molecule has 136 valence electrons. The molecule has 0 amide bonds. The first-order valence-corrected chi connectivity index (χ1v) is 11.0. The zero-order valence-corrected chi connectivity index (χ0v) is 16.1. The first-order valence-electron chi connectivity index (χ1n) is 7.23. The highest BCUT2D eigenvalue weighted by Gasteiger charge is 2.23. The van der Waals surface area contributed by atoms with Gasteiger partial charge in [0.15, 0.2) is 9.84 Å². The summed E-state index contributed by atoms with van der Waals surface area (Å²) in [6, 6.07) is 7.49. The van der Waals surface area contributed by atoms with E-state index < -0.39 is 30.6 Å². The number of anilines is 1. The lowest BCUT2D eigenvalue weighted by molar-refractivity contribution is 0.568. The summed E-state index contributed by atoms with van der Waals surface area (Å²) in [4.78, 5) is -0.823. The molecule has 0 spiro atoms. The lowest BCUT2D eigenvalue weighted by Gasteiger charge is -2.14. The lowest BCUT2D eigenvalue weighted by atomic mass is 10.0. The molecule has 0 unspecified atom stereocenters. The zero-order chi connectivity index (χ0) is 19.0. The van der Waals surface area contributed by atoms with Gasteiger partial charge in [-0.1, -0.05) is 31.5 Å². The summed E-state index contributed by atoms with van der Waals surface area (Å²) in [5.74, 6) is -0.884. The molecular weight excluding hydrogens is 389 g/mol. The van der Waals surface area contributed by atoms with Crippen molar-refractivity contribution in [3.8, 4) is 0 Å².